The zero-order valence-electron chi connectivity index (χ0n) is 12.0. The summed E-state index contributed by atoms with van der Waals surface area (Å²) in [4.78, 5) is 0. The molecule has 1 heteroatoms. The molecule has 0 bridgehead atoms. The van der Waals surface area contributed by atoms with Gasteiger partial charge in [-0.05, 0) is 42.7 Å². The van der Waals surface area contributed by atoms with Gasteiger partial charge in [0.1, 0.15) is 0 Å². The Morgan fingerprint density at radius 3 is 2.00 bits per heavy atom. The van der Waals surface area contributed by atoms with Crippen molar-refractivity contribution in [2.24, 2.45) is 5.73 Å². The van der Waals surface area contributed by atoms with Gasteiger partial charge in [-0.2, -0.15) is 0 Å². The first-order valence-corrected chi connectivity index (χ1v) is 8.17. The van der Waals surface area contributed by atoms with Crippen LogP contribution in [0.5, 0.6) is 0 Å². The van der Waals surface area contributed by atoms with Crippen LogP contribution >= 0.6 is 0 Å². The largest absolute Gasteiger partial charge is 0.321 e. The Bertz CT molecular complexity index is 394. The lowest BCUT2D eigenvalue weighted by molar-refractivity contribution is 0.302. The van der Waals surface area contributed by atoms with E-state index in [0.717, 1.165) is 18.8 Å². The SMILES string of the molecule is NC1(c2ccc(C3CCCCC3)cc2)CCCCC1. The highest BCUT2D eigenvalue weighted by Gasteiger charge is 2.29. The smallest absolute Gasteiger partial charge is 0.0409 e. The summed E-state index contributed by atoms with van der Waals surface area (Å²) in [5, 5.41) is 0. The predicted molar refractivity (Wildman–Crippen MR) is 81.2 cm³/mol. The van der Waals surface area contributed by atoms with Gasteiger partial charge in [0.25, 0.3) is 0 Å². The summed E-state index contributed by atoms with van der Waals surface area (Å²) < 4.78 is 0. The van der Waals surface area contributed by atoms with Crippen LogP contribution in [0.25, 0.3) is 0 Å². The van der Waals surface area contributed by atoms with Crippen LogP contribution in [0.15, 0.2) is 24.3 Å². The van der Waals surface area contributed by atoms with E-state index < -0.39 is 0 Å². The van der Waals surface area contributed by atoms with Crippen LogP contribution in [0.3, 0.4) is 0 Å². The van der Waals surface area contributed by atoms with Crippen molar-refractivity contribution in [1.29, 1.82) is 0 Å². The van der Waals surface area contributed by atoms with Crippen molar-refractivity contribution in [3.8, 4) is 0 Å². The molecule has 2 saturated carbocycles. The Kier molecular flexibility index (Phi) is 3.93. The standard InChI is InChI=1S/C18H27N/c19-18(13-5-2-6-14-18)17-11-9-16(10-12-17)15-7-3-1-4-8-15/h9-12,15H,1-8,13-14,19H2. The maximum atomic E-state index is 6.61. The summed E-state index contributed by atoms with van der Waals surface area (Å²) in [6, 6.07) is 9.34. The molecular weight excluding hydrogens is 230 g/mol. The lowest BCUT2D eigenvalue weighted by Crippen LogP contribution is -2.38. The molecule has 0 amide bonds. The second-order valence-corrected chi connectivity index (χ2v) is 6.67. The van der Waals surface area contributed by atoms with Gasteiger partial charge in [0.2, 0.25) is 0 Å². The predicted octanol–water partition coefficient (Wildman–Crippen LogP) is 4.85. The maximum Gasteiger partial charge on any atom is 0.0409 e. The number of rotatable bonds is 2. The summed E-state index contributed by atoms with van der Waals surface area (Å²) >= 11 is 0. The Morgan fingerprint density at radius 1 is 0.789 bits per heavy atom. The second-order valence-electron chi connectivity index (χ2n) is 6.67. The second kappa shape index (κ2) is 5.66. The van der Waals surface area contributed by atoms with E-state index in [-0.39, 0.29) is 5.54 Å². The molecule has 1 nitrogen and oxygen atoms in total. The molecule has 104 valence electrons. The number of nitrogens with two attached hydrogens (primary N) is 1. The molecule has 0 spiro atoms. The van der Waals surface area contributed by atoms with E-state index in [2.05, 4.69) is 24.3 Å². The van der Waals surface area contributed by atoms with Crippen LogP contribution < -0.4 is 5.73 Å². The van der Waals surface area contributed by atoms with Crippen molar-refractivity contribution < 1.29 is 0 Å². The topological polar surface area (TPSA) is 26.0 Å². The summed E-state index contributed by atoms with van der Waals surface area (Å²) in [7, 11) is 0. The van der Waals surface area contributed by atoms with Crippen LogP contribution in [0.2, 0.25) is 0 Å². The van der Waals surface area contributed by atoms with Crippen LogP contribution in [0.4, 0.5) is 0 Å². The first kappa shape index (κ1) is 13.2. The van der Waals surface area contributed by atoms with Gasteiger partial charge in [0, 0.05) is 5.54 Å². The molecule has 0 aromatic heterocycles. The van der Waals surface area contributed by atoms with Gasteiger partial charge in [0.05, 0.1) is 0 Å². The van der Waals surface area contributed by atoms with Gasteiger partial charge in [-0.25, -0.2) is 0 Å². The number of benzene rings is 1. The Balaban J connectivity index is 1.74. The van der Waals surface area contributed by atoms with Crippen molar-refractivity contribution >= 4 is 0 Å². The molecule has 0 unspecified atom stereocenters. The van der Waals surface area contributed by atoms with E-state index in [4.69, 9.17) is 5.73 Å². The Labute approximate surface area is 117 Å². The summed E-state index contributed by atoms with van der Waals surface area (Å²) in [5.74, 6) is 0.808. The zero-order valence-corrected chi connectivity index (χ0v) is 12.0. The summed E-state index contributed by atoms with van der Waals surface area (Å²) in [5.41, 5.74) is 9.48. The van der Waals surface area contributed by atoms with Gasteiger partial charge in [-0.15, -0.1) is 0 Å². The van der Waals surface area contributed by atoms with Crippen LogP contribution in [0.1, 0.15) is 81.3 Å². The molecule has 0 atom stereocenters. The monoisotopic (exact) mass is 257 g/mol. The molecule has 2 fully saturated rings. The average molecular weight is 257 g/mol. The molecule has 0 aliphatic heterocycles. The minimum absolute atomic E-state index is 0.0383. The molecular formula is C18H27N. The third-order valence-electron chi connectivity index (χ3n) is 5.31. The van der Waals surface area contributed by atoms with E-state index in [9.17, 15) is 0 Å². The lowest BCUT2D eigenvalue weighted by atomic mass is 9.76. The third-order valence-corrected chi connectivity index (χ3v) is 5.31. The molecule has 0 heterocycles. The number of hydrogen-bond donors (Lipinski definition) is 1. The van der Waals surface area contributed by atoms with E-state index in [1.165, 1.54) is 56.9 Å². The molecule has 19 heavy (non-hydrogen) atoms. The van der Waals surface area contributed by atoms with E-state index in [1.807, 2.05) is 0 Å². The maximum absolute atomic E-state index is 6.61. The van der Waals surface area contributed by atoms with Crippen LogP contribution in [-0.2, 0) is 5.54 Å². The molecule has 2 N–H and O–H groups in total. The van der Waals surface area contributed by atoms with E-state index in [0.29, 0.717) is 0 Å². The fourth-order valence-corrected chi connectivity index (χ4v) is 3.99. The van der Waals surface area contributed by atoms with E-state index >= 15 is 0 Å². The van der Waals surface area contributed by atoms with Crippen LogP contribution in [0, 0.1) is 0 Å². The summed E-state index contributed by atoms with van der Waals surface area (Å²) in [6.45, 7) is 0. The Hall–Kier alpha value is -0.820. The lowest BCUT2D eigenvalue weighted by Gasteiger charge is -2.34. The molecule has 1 aromatic carbocycles. The fourth-order valence-electron chi connectivity index (χ4n) is 3.99. The average Bonchev–Trinajstić information content (AvgIpc) is 2.49. The first-order valence-electron chi connectivity index (χ1n) is 8.17. The highest BCUT2D eigenvalue weighted by atomic mass is 14.7. The Morgan fingerprint density at radius 2 is 1.37 bits per heavy atom. The minimum Gasteiger partial charge on any atom is -0.321 e. The normalized spacial score (nSPS) is 24.3. The van der Waals surface area contributed by atoms with Gasteiger partial charge in [-0.1, -0.05) is 62.8 Å². The third kappa shape index (κ3) is 2.86. The molecule has 3 rings (SSSR count). The van der Waals surface area contributed by atoms with Crippen LogP contribution in [-0.4, -0.2) is 0 Å². The molecule has 2 aliphatic carbocycles. The van der Waals surface area contributed by atoms with Crippen molar-refractivity contribution in [3.63, 3.8) is 0 Å². The van der Waals surface area contributed by atoms with Gasteiger partial charge >= 0.3 is 0 Å². The number of hydrogen-bond acceptors (Lipinski definition) is 1. The fraction of sp³-hybridized carbons (Fsp3) is 0.667. The van der Waals surface area contributed by atoms with Gasteiger partial charge < -0.3 is 5.73 Å². The molecule has 0 radical (unpaired) electrons. The van der Waals surface area contributed by atoms with Crippen molar-refractivity contribution in [2.75, 3.05) is 0 Å². The highest BCUT2D eigenvalue weighted by Crippen LogP contribution is 2.37. The molecule has 0 saturated heterocycles. The van der Waals surface area contributed by atoms with E-state index in [1.54, 1.807) is 5.56 Å². The summed E-state index contributed by atoms with van der Waals surface area (Å²) in [6.07, 6.45) is 13.3. The van der Waals surface area contributed by atoms with Crippen molar-refractivity contribution in [2.45, 2.75) is 75.7 Å². The van der Waals surface area contributed by atoms with Gasteiger partial charge in [0.15, 0.2) is 0 Å². The molecule has 2 aliphatic rings. The van der Waals surface area contributed by atoms with Crippen molar-refractivity contribution in [1.82, 2.24) is 0 Å². The quantitative estimate of drug-likeness (QED) is 0.805. The van der Waals surface area contributed by atoms with Gasteiger partial charge in [-0.3, -0.25) is 0 Å². The highest BCUT2D eigenvalue weighted by molar-refractivity contribution is 5.30. The zero-order chi connectivity index (χ0) is 13.1. The molecule has 1 aromatic rings. The first-order chi connectivity index (χ1) is 9.28. The van der Waals surface area contributed by atoms with Crippen molar-refractivity contribution in [3.05, 3.63) is 35.4 Å². The minimum atomic E-state index is -0.0383.